The van der Waals surface area contributed by atoms with Crippen LogP contribution in [0.5, 0.6) is 0 Å². The monoisotopic (exact) mass is 1540 g/mol. The van der Waals surface area contributed by atoms with E-state index in [1.165, 1.54) is 38.3 Å². The number of nitrogens with one attached hydrogen (secondary N) is 2. The zero-order valence-corrected chi connectivity index (χ0v) is 62.5. The molecule has 20 atom stereocenters. The lowest BCUT2D eigenvalue weighted by Gasteiger charge is -2.52. The molecule has 2 amide bonds. The van der Waals surface area contributed by atoms with Crippen LogP contribution < -0.4 is 10.6 Å². The third-order valence-corrected chi connectivity index (χ3v) is 17.9. The Kier molecular flexibility index (Phi) is 31.1. The molecule has 0 bridgehead atoms. The second-order valence-electron chi connectivity index (χ2n) is 26.5. The minimum atomic E-state index is -2.01. The largest absolute Gasteiger partial charge is 0.457 e. The lowest BCUT2D eigenvalue weighted by atomic mass is 9.93. The van der Waals surface area contributed by atoms with Gasteiger partial charge in [0.2, 0.25) is 11.8 Å². The summed E-state index contributed by atoms with van der Waals surface area (Å²) in [6, 6.07) is 48.5. The summed E-state index contributed by atoms with van der Waals surface area (Å²) < 4.78 is 123. The van der Waals surface area contributed by atoms with E-state index in [0.29, 0.717) is 11.1 Å². The van der Waals surface area contributed by atoms with Gasteiger partial charge in [0.15, 0.2) is 67.9 Å². The highest BCUT2D eigenvalue weighted by molar-refractivity contribution is 5.90. The van der Waals surface area contributed by atoms with E-state index >= 15 is 4.79 Å². The second kappa shape index (κ2) is 41.4. The summed E-state index contributed by atoms with van der Waals surface area (Å²) in [6.07, 6.45) is -30.8. The summed E-state index contributed by atoms with van der Waals surface area (Å²) in [5, 5.41) is 5.63. The SMILES string of the molecule is CO[C@@H]1O[C@H](COCc2ccccc2)[C@@H](O[C@@H]2O[C@H](COCc3ccccc3)[C@H](OC(C)=O)[C@H](O[C@@H]3O[C@H](COCc4ccccc4)[C@@H](O[C@@H]4O[C@H](COCc5ccccc5)[C@H](OC(C)=O)[C@H](OC(C)=O)[C@H]4OC(C)=O)[C@H](OC(=O)c4ccccc4)[C@H]3NC(C)=O)[C@H]2OC(C)=O)[C@H](OC(=O)c2ccccc2)[C@H]1NC(C)=O. The number of hydrogen-bond donors (Lipinski definition) is 2. The van der Waals surface area contributed by atoms with Gasteiger partial charge in [-0.05, 0) is 46.5 Å². The summed E-state index contributed by atoms with van der Waals surface area (Å²) in [6.45, 7) is 5.88. The molecule has 0 aliphatic carbocycles. The quantitative estimate of drug-likeness (QED) is 0.0314. The summed E-state index contributed by atoms with van der Waals surface area (Å²) in [5.41, 5.74) is 2.92. The van der Waals surface area contributed by atoms with E-state index in [-0.39, 0.29) is 50.8 Å². The van der Waals surface area contributed by atoms with Gasteiger partial charge in [0.1, 0.15) is 54.8 Å². The van der Waals surface area contributed by atoms with E-state index in [0.717, 1.165) is 52.7 Å². The maximum Gasteiger partial charge on any atom is 0.338 e. The standard InChI is InChI=1S/C81H92N2O28/c1-47(84)82-64-70(107-76(91)58-35-23-13-24-36-58)66(60(103-78(64)93-8)43-94-39-54-27-15-9-16-28-54)109-81-75(102-53(7)90)73(69(99-50(4)87)63(106-81)46-97-42-57-33-21-12-22-34-57)111-79-65(83-48(2)85)71(108-77(92)59-37-25-14-26-38-59)67(61(104-79)44-95-40-55-29-17-10-18-30-55)110-80-74(101-52(6)89)72(100-51(5)88)68(98-49(3)86)62(105-80)45-96-41-56-31-19-11-20-32-56/h9-38,60-75,78-81H,39-46H2,1-8H3,(H,82,84)(H,83,85)/t60-,61-,62-,63-,64-,65-,66-,67-,68+,69+,70-,71-,72+,73+,74-,75-,78-,79+,80+,81+/m1/s1. The molecule has 0 radical (unpaired) electrons. The number of benzene rings is 6. The zero-order chi connectivity index (χ0) is 78.9. The van der Waals surface area contributed by atoms with Gasteiger partial charge in [0.05, 0.1) is 64.0 Å². The van der Waals surface area contributed by atoms with Gasteiger partial charge in [-0.25, -0.2) is 9.59 Å². The molecule has 4 fully saturated rings. The fourth-order valence-electron chi connectivity index (χ4n) is 13.3. The average molecular weight is 1540 g/mol. The first-order valence-electron chi connectivity index (χ1n) is 36.1. The number of ether oxygens (including phenoxy) is 19. The van der Waals surface area contributed by atoms with Crippen LogP contribution in [0, 0.1) is 0 Å². The number of amides is 2. The Morgan fingerprint density at radius 1 is 0.288 bits per heavy atom. The van der Waals surface area contributed by atoms with Crippen molar-refractivity contribution in [3.05, 3.63) is 215 Å². The van der Waals surface area contributed by atoms with Crippen molar-refractivity contribution >= 4 is 53.6 Å². The van der Waals surface area contributed by atoms with Crippen LogP contribution in [0.4, 0.5) is 0 Å². The summed E-state index contributed by atoms with van der Waals surface area (Å²) in [5.74, 6) is -8.00. The highest BCUT2D eigenvalue weighted by Gasteiger charge is 2.61. The first-order valence-corrected chi connectivity index (χ1v) is 36.1. The van der Waals surface area contributed by atoms with Crippen molar-refractivity contribution in [2.24, 2.45) is 0 Å². The third kappa shape index (κ3) is 24.0. The van der Waals surface area contributed by atoms with Gasteiger partial charge >= 0.3 is 41.8 Å². The molecular formula is C81H92N2O28. The summed E-state index contributed by atoms with van der Waals surface area (Å²) in [4.78, 5) is 125. The smallest absolute Gasteiger partial charge is 0.338 e. The van der Waals surface area contributed by atoms with Crippen LogP contribution in [-0.2, 0) is 150 Å². The van der Waals surface area contributed by atoms with E-state index in [1.54, 1.807) is 115 Å². The molecule has 2 N–H and O–H groups in total. The molecule has 4 aliphatic heterocycles. The molecule has 0 spiro atoms. The van der Waals surface area contributed by atoms with E-state index in [9.17, 15) is 38.4 Å². The van der Waals surface area contributed by atoms with Crippen molar-refractivity contribution in [3.63, 3.8) is 0 Å². The van der Waals surface area contributed by atoms with Crippen LogP contribution in [-0.4, -0.2) is 210 Å². The van der Waals surface area contributed by atoms with E-state index in [1.807, 2.05) is 42.5 Å². The minimum absolute atomic E-state index is 0.00444. The van der Waals surface area contributed by atoms with Crippen LogP contribution in [0.25, 0.3) is 0 Å². The van der Waals surface area contributed by atoms with Crippen molar-refractivity contribution in [2.45, 2.75) is 198 Å². The van der Waals surface area contributed by atoms with E-state index in [2.05, 4.69) is 10.6 Å². The molecule has 594 valence electrons. The Morgan fingerprint density at radius 2 is 0.550 bits per heavy atom. The van der Waals surface area contributed by atoms with Gasteiger partial charge in [-0.3, -0.25) is 33.6 Å². The minimum Gasteiger partial charge on any atom is -0.457 e. The maximum atomic E-state index is 15.1. The first kappa shape index (κ1) is 83.5. The Morgan fingerprint density at radius 3 is 0.874 bits per heavy atom. The Bertz CT molecular complexity index is 3980. The van der Waals surface area contributed by atoms with Crippen LogP contribution >= 0.6 is 0 Å². The Hall–Kier alpha value is -9.93. The Labute approximate surface area is 641 Å². The van der Waals surface area contributed by atoms with Crippen molar-refractivity contribution in [2.75, 3.05) is 33.5 Å². The summed E-state index contributed by atoms with van der Waals surface area (Å²) >= 11 is 0. The normalized spacial score (nSPS) is 27.7. The zero-order valence-electron chi connectivity index (χ0n) is 62.5. The van der Waals surface area contributed by atoms with Gasteiger partial charge in [-0.1, -0.05) is 158 Å². The fourth-order valence-corrected chi connectivity index (χ4v) is 13.3. The van der Waals surface area contributed by atoms with Crippen LogP contribution in [0.15, 0.2) is 182 Å². The molecule has 0 saturated carbocycles. The highest BCUT2D eigenvalue weighted by atomic mass is 16.8. The molecular weight excluding hydrogens is 1450 g/mol. The van der Waals surface area contributed by atoms with Gasteiger partial charge in [-0.2, -0.15) is 0 Å². The highest BCUT2D eigenvalue weighted by Crippen LogP contribution is 2.40. The molecule has 30 nitrogen and oxygen atoms in total. The van der Waals surface area contributed by atoms with Gasteiger partial charge in [-0.15, -0.1) is 0 Å². The van der Waals surface area contributed by atoms with Gasteiger partial charge in [0, 0.05) is 55.6 Å². The molecule has 0 unspecified atom stereocenters. The number of rotatable bonds is 34. The Balaban J connectivity index is 1.13. The number of hydrogen-bond acceptors (Lipinski definition) is 28. The molecule has 4 heterocycles. The predicted octanol–water partition coefficient (Wildman–Crippen LogP) is 6.67. The van der Waals surface area contributed by atoms with Crippen molar-refractivity contribution in [1.29, 1.82) is 0 Å². The van der Waals surface area contributed by atoms with Crippen molar-refractivity contribution in [3.8, 4) is 0 Å². The topological polar surface area (TPSA) is 353 Å². The molecule has 10 rings (SSSR count). The molecule has 30 heteroatoms. The lowest BCUT2D eigenvalue weighted by molar-refractivity contribution is -0.378. The van der Waals surface area contributed by atoms with E-state index < -0.39 is 190 Å². The molecule has 6 aromatic carbocycles. The molecule has 6 aromatic rings. The van der Waals surface area contributed by atoms with Crippen LogP contribution in [0.1, 0.15) is 91.4 Å². The fraction of sp³-hybridized carbons (Fsp3) is 0.444. The van der Waals surface area contributed by atoms with E-state index in [4.69, 9.17) is 90.0 Å². The third-order valence-electron chi connectivity index (χ3n) is 17.9. The second-order valence-corrected chi connectivity index (χ2v) is 26.5. The van der Waals surface area contributed by atoms with Crippen molar-refractivity contribution < 1.29 is 133 Å². The summed E-state index contributed by atoms with van der Waals surface area (Å²) in [7, 11) is 1.31. The molecule has 111 heavy (non-hydrogen) atoms. The number of methoxy groups -OCH3 is 1. The number of carbonyl (C=O) groups is 9. The molecule has 4 aliphatic rings. The van der Waals surface area contributed by atoms with Crippen molar-refractivity contribution in [1.82, 2.24) is 10.6 Å². The molecule has 4 saturated heterocycles. The first-order chi connectivity index (χ1) is 53.6. The number of carbonyl (C=O) groups excluding carboxylic acids is 9. The predicted molar refractivity (Wildman–Crippen MR) is 385 cm³/mol. The van der Waals surface area contributed by atoms with Crippen LogP contribution in [0.3, 0.4) is 0 Å². The molecule has 0 aromatic heterocycles. The van der Waals surface area contributed by atoms with Crippen LogP contribution in [0.2, 0.25) is 0 Å². The maximum absolute atomic E-state index is 15.1. The average Bonchev–Trinajstić information content (AvgIpc) is 0.757. The van der Waals surface area contributed by atoms with Gasteiger partial charge < -0.3 is 101 Å². The lowest BCUT2D eigenvalue weighted by Crippen LogP contribution is -2.71. The van der Waals surface area contributed by atoms with Gasteiger partial charge in [0.25, 0.3) is 0 Å². The number of esters is 7.